The van der Waals surface area contributed by atoms with Gasteiger partial charge in [0.15, 0.2) is 5.52 Å². The molecular weight excluding hydrogens is 216 g/mol. The molecule has 2 rings (SSSR count). The summed E-state index contributed by atoms with van der Waals surface area (Å²) in [5.74, 6) is 0.110. The molecular formula is C7H10N6O3. The molecule has 0 aliphatic heterocycles. The van der Waals surface area contributed by atoms with Gasteiger partial charge in [-0.05, 0) is 0 Å². The first-order valence-corrected chi connectivity index (χ1v) is 4.46. The normalized spacial score (nSPS) is 12.9. The molecule has 5 N–H and O–H groups in total. The van der Waals surface area contributed by atoms with Gasteiger partial charge in [-0.1, -0.05) is 0 Å². The Morgan fingerprint density at radius 2 is 2.19 bits per heavy atom. The van der Waals surface area contributed by atoms with E-state index in [1.54, 1.807) is 0 Å². The predicted octanol–water partition coefficient (Wildman–Crippen LogP) is -1.94. The first-order chi connectivity index (χ1) is 7.70. The molecule has 16 heavy (non-hydrogen) atoms. The lowest BCUT2D eigenvalue weighted by atomic mass is 10.4. The van der Waals surface area contributed by atoms with Crippen LogP contribution in [0.5, 0.6) is 5.88 Å². The Balaban J connectivity index is 2.25. The van der Waals surface area contributed by atoms with Gasteiger partial charge in [-0.25, -0.2) is 0 Å². The summed E-state index contributed by atoms with van der Waals surface area (Å²) in [6.45, 7) is -0.516. The third-order valence-corrected chi connectivity index (χ3v) is 1.79. The van der Waals surface area contributed by atoms with E-state index < -0.39 is 12.7 Å². The zero-order valence-corrected chi connectivity index (χ0v) is 8.16. The molecule has 2 aromatic heterocycles. The molecule has 0 unspecified atom stereocenters. The number of anilines is 1. The summed E-state index contributed by atoms with van der Waals surface area (Å²) in [5, 5.41) is 27.6. The lowest BCUT2D eigenvalue weighted by Crippen LogP contribution is -2.21. The van der Waals surface area contributed by atoms with Crippen LogP contribution in [0, 0.1) is 0 Å². The number of rotatable bonds is 4. The van der Waals surface area contributed by atoms with Crippen LogP contribution in [-0.2, 0) is 0 Å². The molecule has 1 atom stereocenters. The first-order valence-electron chi connectivity index (χ1n) is 4.46. The fourth-order valence-corrected chi connectivity index (χ4v) is 1.07. The SMILES string of the molecule is Nc1nc(OC[C@@H](O)CO)c2n[nH]nc2n1. The van der Waals surface area contributed by atoms with E-state index in [1.165, 1.54) is 0 Å². The average Bonchev–Trinajstić information content (AvgIpc) is 2.73. The molecule has 86 valence electrons. The van der Waals surface area contributed by atoms with E-state index in [0.29, 0.717) is 5.52 Å². The second-order valence-electron chi connectivity index (χ2n) is 3.03. The minimum atomic E-state index is -0.988. The third kappa shape index (κ3) is 1.99. The highest BCUT2D eigenvalue weighted by molar-refractivity contribution is 5.75. The Morgan fingerprint density at radius 1 is 1.38 bits per heavy atom. The minimum absolute atomic E-state index is 0.00473. The number of hydrogen-bond acceptors (Lipinski definition) is 8. The summed E-state index contributed by atoms with van der Waals surface area (Å²) < 4.78 is 5.15. The molecule has 0 bridgehead atoms. The van der Waals surface area contributed by atoms with Crippen molar-refractivity contribution in [1.29, 1.82) is 0 Å². The van der Waals surface area contributed by atoms with Crippen LogP contribution in [0.1, 0.15) is 0 Å². The van der Waals surface area contributed by atoms with Gasteiger partial charge >= 0.3 is 0 Å². The number of aliphatic hydroxyl groups excluding tert-OH is 2. The van der Waals surface area contributed by atoms with Gasteiger partial charge in [0.2, 0.25) is 17.5 Å². The van der Waals surface area contributed by atoms with E-state index in [1.807, 2.05) is 0 Å². The van der Waals surface area contributed by atoms with Crippen molar-refractivity contribution in [3.63, 3.8) is 0 Å². The second kappa shape index (κ2) is 4.24. The second-order valence-corrected chi connectivity index (χ2v) is 3.03. The molecule has 0 fully saturated rings. The molecule has 0 saturated heterocycles. The molecule has 2 aromatic rings. The Bertz CT molecular complexity index is 486. The number of hydrogen-bond donors (Lipinski definition) is 4. The van der Waals surface area contributed by atoms with Crippen LogP contribution >= 0.6 is 0 Å². The highest BCUT2D eigenvalue weighted by Gasteiger charge is 2.12. The maximum atomic E-state index is 9.12. The lowest BCUT2D eigenvalue weighted by Gasteiger charge is -2.08. The van der Waals surface area contributed by atoms with Crippen molar-refractivity contribution in [2.45, 2.75) is 6.10 Å². The summed E-state index contributed by atoms with van der Waals surface area (Å²) in [6, 6.07) is 0. The summed E-state index contributed by atoms with van der Waals surface area (Å²) in [7, 11) is 0. The fourth-order valence-electron chi connectivity index (χ4n) is 1.07. The van der Waals surface area contributed by atoms with Crippen LogP contribution in [0.15, 0.2) is 0 Å². The first kappa shape index (κ1) is 10.5. The smallest absolute Gasteiger partial charge is 0.249 e. The highest BCUT2D eigenvalue weighted by atomic mass is 16.5. The third-order valence-electron chi connectivity index (χ3n) is 1.79. The van der Waals surface area contributed by atoms with Crippen LogP contribution in [0.4, 0.5) is 5.95 Å². The van der Waals surface area contributed by atoms with E-state index in [-0.39, 0.29) is 24.1 Å². The molecule has 9 nitrogen and oxygen atoms in total. The lowest BCUT2D eigenvalue weighted by molar-refractivity contribution is 0.0526. The van der Waals surface area contributed by atoms with Gasteiger partial charge in [0, 0.05) is 0 Å². The molecule has 9 heteroatoms. The number of fused-ring (bicyclic) bond motifs is 1. The van der Waals surface area contributed by atoms with Crippen LogP contribution in [0.3, 0.4) is 0 Å². The van der Waals surface area contributed by atoms with Crippen molar-refractivity contribution in [2.24, 2.45) is 0 Å². The molecule has 2 heterocycles. The van der Waals surface area contributed by atoms with E-state index in [4.69, 9.17) is 20.7 Å². The highest BCUT2D eigenvalue weighted by Crippen LogP contribution is 2.18. The van der Waals surface area contributed by atoms with Crippen molar-refractivity contribution >= 4 is 17.1 Å². The van der Waals surface area contributed by atoms with Crippen LogP contribution < -0.4 is 10.5 Å². The fraction of sp³-hybridized carbons (Fsp3) is 0.429. The predicted molar refractivity (Wildman–Crippen MR) is 52.5 cm³/mol. The quantitative estimate of drug-likeness (QED) is 0.471. The van der Waals surface area contributed by atoms with Crippen molar-refractivity contribution in [2.75, 3.05) is 18.9 Å². The number of ether oxygens (including phenoxy) is 1. The number of nitrogens with zero attached hydrogens (tertiary/aromatic N) is 4. The molecule has 0 aliphatic carbocycles. The average molecular weight is 226 g/mol. The summed E-state index contributed by atoms with van der Waals surface area (Å²) in [5.41, 5.74) is 6.02. The molecule has 0 aliphatic rings. The largest absolute Gasteiger partial charge is 0.473 e. The zero-order valence-electron chi connectivity index (χ0n) is 8.16. The van der Waals surface area contributed by atoms with Gasteiger partial charge in [-0.2, -0.15) is 15.2 Å². The van der Waals surface area contributed by atoms with Crippen molar-refractivity contribution < 1.29 is 14.9 Å². The van der Waals surface area contributed by atoms with Crippen molar-refractivity contribution in [3.8, 4) is 5.88 Å². The van der Waals surface area contributed by atoms with Gasteiger partial charge in [0.05, 0.1) is 6.61 Å². The maximum absolute atomic E-state index is 9.12. The standard InChI is InChI=1S/C7H10N6O3/c8-7-9-5-4(11-13-12-5)6(10-7)16-2-3(15)1-14/h3,14-15H,1-2H2,(H3,8,9,10,11,12,13)/t3-/m0/s1. The molecule has 0 aromatic carbocycles. The number of aromatic amines is 1. The molecule has 0 radical (unpaired) electrons. The van der Waals surface area contributed by atoms with Crippen LogP contribution in [0.2, 0.25) is 0 Å². The number of aromatic nitrogens is 5. The zero-order chi connectivity index (χ0) is 11.5. The van der Waals surface area contributed by atoms with E-state index in [0.717, 1.165) is 0 Å². The number of aliphatic hydroxyl groups is 2. The van der Waals surface area contributed by atoms with Gasteiger partial charge in [0.25, 0.3) is 0 Å². The van der Waals surface area contributed by atoms with Crippen LogP contribution in [0.25, 0.3) is 11.2 Å². The summed E-state index contributed by atoms with van der Waals surface area (Å²) in [4.78, 5) is 7.62. The Hall–Kier alpha value is -2.00. The monoisotopic (exact) mass is 226 g/mol. The summed E-state index contributed by atoms with van der Waals surface area (Å²) >= 11 is 0. The van der Waals surface area contributed by atoms with E-state index in [2.05, 4.69) is 25.4 Å². The maximum Gasteiger partial charge on any atom is 0.249 e. The Labute approximate surface area is 89.3 Å². The summed E-state index contributed by atoms with van der Waals surface area (Å²) in [6.07, 6.45) is -0.988. The van der Waals surface area contributed by atoms with Gasteiger partial charge in [-0.3, -0.25) is 0 Å². The number of nitrogens with two attached hydrogens (primary N) is 1. The van der Waals surface area contributed by atoms with Crippen molar-refractivity contribution in [1.82, 2.24) is 25.4 Å². The Morgan fingerprint density at radius 3 is 2.94 bits per heavy atom. The Kier molecular flexibility index (Phi) is 2.79. The topological polar surface area (TPSA) is 143 Å². The van der Waals surface area contributed by atoms with Gasteiger partial charge in [-0.15, -0.1) is 10.2 Å². The number of H-pyrrole nitrogens is 1. The van der Waals surface area contributed by atoms with Gasteiger partial charge in [0.1, 0.15) is 12.7 Å². The van der Waals surface area contributed by atoms with Crippen LogP contribution in [-0.4, -0.2) is 54.9 Å². The van der Waals surface area contributed by atoms with Crippen molar-refractivity contribution in [3.05, 3.63) is 0 Å². The van der Waals surface area contributed by atoms with Gasteiger partial charge < -0.3 is 20.7 Å². The molecule has 0 amide bonds. The molecule has 0 saturated carbocycles. The minimum Gasteiger partial charge on any atom is -0.473 e. The number of nitrogen functional groups attached to an aromatic ring is 1. The van der Waals surface area contributed by atoms with E-state index >= 15 is 0 Å². The number of nitrogens with one attached hydrogen (secondary N) is 1. The van der Waals surface area contributed by atoms with E-state index in [9.17, 15) is 0 Å². The molecule has 0 spiro atoms.